The van der Waals surface area contributed by atoms with Crippen molar-refractivity contribution in [2.45, 2.75) is 0 Å². The van der Waals surface area contributed by atoms with Crippen LogP contribution in [0.15, 0.2) is 0 Å². The molecule has 0 aliphatic heterocycles. The molecule has 7 heteroatoms. The fourth-order valence-electron chi connectivity index (χ4n) is 0.151. The van der Waals surface area contributed by atoms with E-state index in [4.69, 9.17) is 15.1 Å². The van der Waals surface area contributed by atoms with Crippen molar-refractivity contribution >= 4 is 13.8 Å². The molecule has 0 heterocycles. The lowest BCUT2D eigenvalue weighted by molar-refractivity contribution is 0.134. The Hall–Kier alpha value is -0.580. The first kappa shape index (κ1) is 8.42. The van der Waals surface area contributed by atoms with E-state index >= 15 is 0 Å². The second-order valence-electron chi connectivity index (χ2n) is 1.14. The monoisotopic (exact) mass is 156 g/mol. The summed E-state index contributed by atoms with van der Waals surface area (Å²) in [5.74, 6) is 0. The van der Waals surface area contributed by atoms with Crippen LogP contribution in [0.1, 0.15) is 0 Å². The Morgan fingerprint density at radius 2 is 2.11 bits per heavy atom. The molecule has 6 nitrogen and oxygen atoms in total. The van der Waals surface area contributed by atoms with E-state index in [0.717, 1.165) is 0 Å². The van der Waals surface area contributed by atoms with Gasteiger partial charge in [-0.15, -0.1) is 0 Å². The number of aliphatic hydroxyl groups is 1. The van der Waals surface area contributed by atoms with Crippen LogP contribution >= 0.6 is 7.60 Å². The van der Waals surface area contributed by atoms with Gasteiger partial charge in [0, 0.05) is 0 Å². The molecule has 0 rings (SSSR count). The maximum absolute atomic E-state index is 10.1. The Bertz CT molecular complexity index is 151. The van der Waals surface area contributed by atoms with Gasteiger partial charge in [0.05, 0.1) is 0 Å². The van der Waals surface area contributed by atoms with Crippen LogP contribution in [-0.4, -0.2) is 27.6 Å². The lowest BCUT2D eigenvalue weighted by atomic mass is 11.5. The molecule has 0 radical (unpaired) electrons. The molecule has 9 heavy (non-hydrogen) atoms. The third kappa shape index (κ3) is 3.96. The molecule has 0 aliphatic rings. The number of carboxylic acid groups (broad SMARTS) is 1. The van der Waals surface area contributed by atoms with Crippen LogP contribution in [0, 0.1) is 0 Å². The highest BCUT2D eigenvalue weighted by molar-refractivity contribution is 7.53. The van der Waals surface area contributed by atoms with Crippen LogP contribution in [0.2, 0.25) is 0 Å². The number of carbonyl (C=O) groups is 1. The maximum atomic E-state index is 10.1. The highest BCUT2D eigenvalue weighted by Crippen LogP contribution is 2.39. The number of hydrogen-bond acceptors (Lipinski definition) is 4. The van der Waals surface area contributed by atoms with Crippen LogP contribution in [0.4, 0.5) is 4.79 Å². The van der Waals surface area contributed by atoms with Crippen molar-refractivity contribution in [3.8, 4) is 0 Å². The van der Waals surface area contributed by atoms with Crippen molar-refractivity contribution in [3.63, 3.8) is 0 Å². The lowest BCUT2D eigenvalue weighted by Gasteiger charge is -2.03. The van der Waals surface area contributed by atoms with E-state index < -0.39 is 20.1 Å². The zero-order chi connectivity index (χ0) is 7.49. The fraction of sp³-hybridized carbons (Fsp3) is 0.500. The molecule has 0 aliphatic carbocycles. The second-order valence-corrected chi connectivity index (χ2v) is 2.88. The fourth-order valence-corrected chi connectivity index (χ4v) is 0.453. The Balaban J connectivity index is 3.88. The van der Waals surface area contributed by atoms with Gasteiger partial charge >= 0.3 is 13.8 Å². The molecule has 0 saturated heterocycles. The van der Waals surface area contributed by atoms with Gasteiger partial charge in [-0.3, -0.25) is 0 Å². The van der Waals surface area contributed by atoms with Gasteiger partial charge in [-0.25, -0.2) is 9.36 Å². The average molecular weight is 156 g/mol. The third-order valence-electron chi connectivity index (χ3n) is 0.399. The molecule has 1 atom stereocenters. The van der Waals surface area contributed by atoms with Gasteiger partial charge in [0.25, 0.3) is 0 Å². The largest absolute Gasteiger partial charge is 0.512 e. The predicted molar refractivity (Wildman–Crippen MR) is 26.0 cm³/mol. The van der Waals surface area contributed by atoms with E-state index in [-0.39, 0.29) is 0 Å². The lowest BCUT2D eigenvalue weighted by Crippen LogP contribution is -1.99. The van der Waals surface area contributed by atoms with Crippen molar-refractivity contribution in [1.29, 1.82) is 0 Å². The summed E-state index contributed by atoms with van der Waals surface area (Å²) in [7, 11) is -4.27. The summed E-state index contributed by atoms with van der Waals surface area (Å²) in [5.41, 5.74) is 0. The molecule has 0 saturated carbocycles. The van der Waals surface area contributed by atoms with Gasteiger partial charge in [0.1, 0.15) is 0 Å². The molecular formula is C2H5O6P. The molecule has 54 valence electrons. The van der Waals surface area contributed by atoms with E-state index in [1.54, 1.807) is 0 Å². The van der Waals surface area contributed by atoms with E-state index in [1.165, 1.54) is 0 Å². The van der Waals surface area contributed by atoms with E-state index in [2.05, 4.69) is 4.52 Å². The van der Waals surface area contributed by atoms with Gasteiger partial charge in [0.15, 0.2) is 6.35 Å². The average Bonchev–Trinajstić information content (AvgIpc) is 1.63. The van der Waals surface area contributed by atoms with Crippen molar-refractivity contribution in [2.24, 2.45) is 0 Å². The van der Waals surface area contributed by atoms with Crippen LogP contribution in [0.5, 0.6) is 0 Å². The highest BCUT2D eigenvalue weighted by Gasteiger charge is 2.21. The summed E-state index contributed by atoms with van der Waals surface area (Å²) >= 11 is 0. The summed E-state index contributed by atoms with van der Waals surface area (Å²) in [6.07, 6.45) is -3.07. The molecule has 0 aromatic rings. The molecule has 0 amide bonds. The molecule has 0 fully saturated rings. The second kappa shape index (κ2) is 2.82. The molecule has 0 aromatic heterocycles. The Morgan fingerprint density at radius 3 is 2.22 bits per heavy atom. The minimum absolute atomic E-state index is 1.20. The first-order valence-electron chi connectivity index (χ1n) is 1.83. The summed E-state index contributed by atoms with van der Waals surface area (Å²) in [6, 6.07) is 0. The van der Waals surface area contributed by atoms with E-state index in [1.807, 2.05) is 0 Å². The minimum atomic E-state index is -4.27. The van der Waals surface area contributed by atoms with Gasteiger partial charge in [0.2, 0.25) is 0 Å². The Morgan fingerprint density at radius 1 is 1.67 bits per heavy atom. The van der Waals surface area contributed by atoms with Gasteiger partial charge in [-0.1, -0.05) is 0 Å². The van der Waals surface area contributed by atoms with Crippen molar-refractivity contribution in [1.82, 2.24) is 0 Å². The summed E-state index contributed by atoms with van der Waals surface area (Å²) in [4.78, 5) is 17.7. The molecule has 0 spiro atoms. The van der Waals surface area contributed by atoms with Gasteiger partial charge in [-0.05, 0) is 0 Å². The van der Waals surface area contributed by atoms with E-state index in [9.17, 15) is 9.36 Å². The zero-order valence-corrected chi connectivity index (χ0v) is 5.12. The molecule has 0 bridgehead atoms. The van der Waals surface area contributed by atoms with Crippen molar-refractivity contribution in [3.05, 3.63) is 0 Å². The normalized spacial score (nSPS) is 16.2. The zero-order valence-electron chi connectivity index (χ0n) is 4.22. The smallest absolute Gasteiger partial charge is 0.449 e. The third-order valence-corrected chi connectivity index (χ3v) is 1.20. The first-order chi connectivity index (χ1) is 3.98. The highest BCUT2D eigenvalue weighted by atomic mass is 31.2. The predicted octanol–water partition coefficient (Wildman–Crippen LogP) is -0.184. The first-order valence-corrected chi connectivity index (χ1v) is 3.59. The van der Waals surface area contributed by atoms with E-state index in [0.29, 0.717) is 0 Å². The Labute approximate surface area is 50.2 Å². The SMILES string of the molecule is O=C(O)OP(=O)(O)CO. The van der Waals surface area contributed by atoms with Crippen LogP contribution in [-0.2, 0) is 9.09 Å². The summed E-state index contributed by atoms with van der Waals surface area (Å²) in [5, 5.41) is 15.7. The van der Waals surface area contributed by atoms with Gasteiger partial charge < -0.3 is 19.6 Å². The number of rotatable bonds is 2. The summed E-state index contributed by atoms with van der Waals surface area (Å²) in [6.45, 7) is 0. The van der Waals surface area contributed by atoms with Crippen LogP contribution in [0.25, 0.3) is 0 Å². The Kier molecular flexibility index (Phi) is 2.64. The van der Waals surface area contributed by atoms with Crippen LogP contribution < -0.4 is 0 Å². The van der Waals surface area contributed by atoms with Crippen molar-refractivity contribution < 1.29 is 29.0 Å². The van der Waals surface area contributed by atoms with Crippen LogP contribution in [0.3, 0.4) is 0 Å². The van der Waals surface area contributed by atoms with Gasteiger partial charge in [-0.2, -0.15) is 0 Å². The maximum Gasteiger partial charge on any atom is 0.512 e. The number of aliphatic hydroxyl groups excluding tert-OH is 1. The quantitative estimate of drug-likeness (QED) is 0.479. The molecule has 0 aromatic carbocycles. The summed E-state index contributed by atoms with van der Waals surface area (Å²) < 4.78 is 13.5. The molecular weight excluding hydrogens is 151 g/mol. The topological polar surface area (TPSA) is 104 Å². The van der Waals surface area contributed by atoms with Crippen molar-refractivity contribution in [2.75, 3.05) is 6.35 Å². The minimum Gasteiger partial charge on any atom is -0.449 e. The standard InChI is InChI=1S/C2H5O6P/c3-1-9(6,7)8-2(4)5/h3H,1H2,(H,4,5)(H,6,7). The molecule has 3 N–H and O–H groups in total. The number of hydrogen-bond donors (Lipinski definition) is 3. The molecule has 1 unspecified atom stereocenters.